The normalized spacial score (nSPS) is 21.4. The minimum absolute atomic E-state index is 0.0264. The van der Waals surface area contributed by atoms with E-state index in [4.69, 9.17) is 5.11 Å². The van der Waals surface area contributed by atoms with Crippen LogP contribution in [0, 0.1) is 0 Å². The van der Waals surface area contributed by atoms with Gasteiger partial charge in [0.15, 0.2) is 5.60 Å². The average Bonchev–Trinajstić information content (AvgIpc) is 2.35. The molecule has 20 heavy (non-hydrogen) atoms. The lowest BCUT2D eigenvalue weighted by molar-refractivity contribution is -0.162. The summed E-state index contributed by atoms with van der Waals surface area (Å²) in [6.45, 7) is 7.39. The average molecular weight is 305 g/mol. The van der Waals surface area contributed by atoms with Crippen LogP contribution in [-0.4, -0.2) is 52.8 Å². The van der Waals surface area contributed by atoms with Crippen LogP contribution in [0.5, 0.6) is 0 Å². The Morgan fingerprint density at radius 2 is 1.90 bits per heavy atom. The van der Waals surface area contributed by atoms with E-state index < -0.39 is 26.8 Å². The molecule has 0 saturated carbocycles. The number of rotatable bonds is 6. The second kappa shape index (κ2) is 6.24. The molecule has 1 heterocycles. The van der Waals surface area contributed by atoms with Crippen LogP contribution in [0.1, 0.15) is 39.5 Å². The van der Waals surface area contributed by atoms with Gasteiger partial charge in [-0.3, -0.25) is 0 Å². The maximum atomic E-state index is 12.5. The highest BCUT2D eigenvalue weighted by Crippen LogP contribution is 2.28. The Balaban J connectivity index is 2.86. The highest BCUT2D eigenvalue weighted by Gasteiger charge is 2.43. The van der Waals surface area contributed by atoms with E-state index in [1.807, 2.05) is 6.92 Å². The van der Waals surface area contributed by atoms with E-state index in [0.29, 0.717) is 12.0 Å². The number of hydrogen-bond donors (Lipinski definition) is 2. The monoisotopic (exact) mass is 305 g/mol. The van der Waals surface area contributed by atoms with Crippen LogP contribution in [0.2, 0.25) is 0 Å². The fourth-order valence-corrected chi connectivity index (χ4v) is 4.51. The van der Waals surface area contributed by atoms with Gasteiger partial charge in [0.25, 0.3) is 0 Å². The molecule has 7 heteroatoms. The van der Waals surface area contributed by atoms with E-state index in [-0.39, 0.29) is 25.9 Å². The van der Waals surface area contributed by atoms with Crippen molar-refractivity contribution in [1.29, 1.82) is 0 Å². The predicted molar refractivity (Wildman–Crippen MR) is 75.8 cm³/mol. The number of carboxylic acid groups (broad SMARTS) is 1. The van der Waals surface area contributed by atoms with Gasteiger partial charge >= 0.3 is 5.97 Å². The first kappa shape index (κ1) is 17.1. The van der Waals surface area contributed by atoms with E-state index in [9.17, 15) is 18.3 Å². The molecule has 1 fully saturated rings. The molecule has 1 aliphatic heterocycles. The van der Waals surface area contributed by atoms with Gasteiger partial charge < -0.3 is 10.2 Å². The van der Waals surface area contributed by atoms with Crippen LogP contribution in [0.3, 0.4) is 0 Å². The molecule has 0 amide bonds. The number of aliphatic hydroxyl groups is 1. The SMILES string of the molecule is C=C(C)C(CCC)S(=O)(=O)N1CCC(O)(C(=O)O)CC1. The number of carboxylic acids is 1. The maximum absolute atomic E-state index is 12.5. The van der Waals surface area contributed by atoms with Crippen molar-refractivity contribution in [3.05, 3.63) is 12.2 Å². The number of hydrogen-bond acceptors (Lipinski definition) is 4. The largest absolute Gasteiger partial charge is 0.479 e. The van der Waals surface area contributed by atoms with Crippen molar-refractivity contribution in [2.45, 2.75) is 50.4 Å². The van der Waals surface area contributed by atoms with Crippen molar-refractivity contribution < 1.29 is 23.4 Å². The van der Waals surface area contributed by atoms with Gasteiger partial charge in [0.1, 0.15) is 0 Å². The molecule has 1 unspecified atom stereocenters. The van der Waals surface area contributed by atoms with E-state index in [0.717, 1.165) is 6.42 Å². The second-order valence-electron chi connectivity index (χ2n) is 5.40. The van der Waals surface area contributed by atoms with Gasteiger partial charge in [-0.05, 0) is 13.3 Å². The third kappa shape index (κ3) is 3.39. The summed E-state index contributed by atoms with van der Waals surface area (Å²) in [6, 6.07) is 0. The number of piperidine rings is 1. The van der Waals surface area contributed by atoms with Crippen molar-refractivity contribution in [3.63, 3.8) is 0 Å². The van der Waals surface area contributed by atoms with Gasteiger partial charge in [0.2, 0.25) is 10.0 Å². The Morgan fingerprint density at radius 1 is 1.40 bits per heavy atom. The van der Waals surface area contributed by atoms with Crippen LogP contribution in [0.4, 0.5) is 0 Å². The summed E-state index contributed by atoms with van der Waals surface area (Å²) in [6.07, 6.45) is 1.05. The molecule has 0 aromatic rings. The summed E-state index contributed by atoms with van der Waals surface area (Å²) in [7, 11) is -3.53. The van der Waals surface area contributed by atoms with Crippen LogP contribution < -0.4 is 0 Å². The van der Waals surface area contributed by atoms with Gasteiger partial charge in [0.05, 0.1) is 5.25 Å². The molecule has 1 aliphatic rings. The standard InChI is InChI=1S/C13H23NO5S/c1-4-5-11(10(2)3)20(18,19)14-8-6-13(17,7-9-14)12(15)16/h11,17H,2,4-9H2,1,3H3,(H,15,16). The zero-order valence-electron chi connectivity index (χ0n) is 12.0. The Labute approximate surface area is 120 Å². The Hall–Kier alpha value is -0.920. The Morgan fingerprint density at radius 3 is 2.25 bits per heavy atom. The molecule has 0 bridgehead atoms. The summed E-state index contributed by atoms with van der Waals surface area (Å²) < 4.78 is 26.3. The third-order valence-corrected chi connectivity index (χ3v) is 6.21. The Bertz CT molecular complexity index is 477. The minimum Gasteiger partial charge on any atom is -0.479 e. The molecule has 1 rings (SSSR count). The van der Waals surface area contributed by atoms with Gasteiger partial charge in [-0.2, -0.15) is 0 Å². The first-order chi connectivity index (χ1) is 9.15. The van der Waals surface area contributed by atoms with E-state index in [1.54, 1.807) is 6.92 Å². The molecule has 0 aliphatic carbocycles. The lowest BCUT2D eigenvalue weighted by Gasteiger charge is -2.36. The van der Waals surface area contributed by atoms with E-state index in [1.165, 1.54) is 4.31 Å². The highest BCUT2D eigenvalue weighted by molar-refractivity contribution is 7.89. The van der Waals surface area contributed by atoms with Crippen LogP contribution in [0.15, 0.2) is 12.2 Å². The molecule has 0 aromatic heterocycles. The van der Waals surface area contributed by atoms with Gasteiger partial charge in [-0.1, -0.05) is 25.5 Å². The molecule has 0 spiro atoms. The molecule has 0 radical (unpaired) electrons. The quantitative estimate of drug-likeness (QED) is 0.713. The van der Waals surface area contributed by atoms with Crippen molar-refractivity contribution in [1.82, 2.24) is 4.31 Å². The van der Waals surface area contributed by atoms with Crippen LogP contribution in [0.25, 0.3) is 0 Å². The first-order valence-corrected chi connectivity index (χ1v) is 8.25. The zero-order chi connectivity index (χ0) is 15.6. The smallest absolute Gasteiger partial charge is 0.335 e. The summed E-state index contributed by atoms with van der Waals surface area (Å²) in [5.74, 6) is -1.29. The zero-order valence-corrected chi connectivity index (χ0v) is 12.8. The van der Waals surface area contributed by atoms with E-state index >= 15 is 0 Å². The van der Waals surface area contributed by atoms with Crippen molar-refractivity contribution >= 4 is 16.0 Å². The molecule has 116 valence electrons. The number of aliphatic carboxylic acids is 1. The van der Waals surface area contributed by atoms with Crippen molar-refractivity contribution in [2.24, 2.45) is 0 Å². The summed E-state index contributed by atoms with van der Waals surface area (Å²) in [5, 5.41) is 18.1. The summed E-state index contributed by atoms with van der Waals surface area (Å²) >= 11 is 0. The molecule has 2 N–H and O–H groups in total. The molecule has 6 nitrogen and oxygen atoms in total. The molecular formula is C13H23NO5S. The van der Waals surface area contributed by atoms with Crippen LogP contribution in [-0.2, 0) is 14.8 Å². The molecule has 0 aromatic carbocycles. The fourth-order valence-electron chi connectivity index (χ4n) is 2.42. The Kier molecular flexibility index (Phi) is 5.34. The maximum Gasteiger partial charge on any atom is 0.335 e. The molecular weight excluding hydrogens is 282 g/mol. The van der Waals surface area contributed by atoms with Crippen molar-refractivity contribution in [3.8, 4) is 0 Å². The van der Waals surface area contributed by atoms with Gasteiger partial charge in [-0.25, -0.2) is 17.5 Å². The number of carbonyl (C=O) groups is 1. The van der Waals surface area contributed by atoms with Gasteiger partial charge in [0, 0.05) is 25.9 Å². The third-order valence-electron chi connectivity index (χ3n) is 3.77. The second-order valence-corrected chi connectivity index (χ2v) is 7.52. The first-order valence-electron chi connectivity index (χ1n) is 6.75. The fraction of sp³-hybridized carbons (Fsp3) is 0.769. The minimum atomic E-state index is -3.53. The lowest BCUT2D eigenvalue weighted by atomic mass is 9.93. The topological polar surface area (TPSA) is 94.9 Å². The van der Waals surface area contributed by atoms with Crippen LogP contribution >= 0.6 is 0 Å². The summed E-state index contributed by atoms with van der Waals surface area (Å²) in [5.41, 5.74) is -1.22. The number of sulfonamides is 1. The highest BCUT2D eigenvalue weighted by atomic mass is 32.2. The molecule has 1 atom stereocenters. The lowest BCUT2D eigenvalue weighted by Crippen LogP contribution is -2.52. The van der Waals surface area contributed by atoms with E-state index in [2.05, 4.69) is 6.58 Å². The molecule has 1 saturated heterocycles. The number of nitrogens with zero attached hydrogens (tertiary/aromatic N) is 1. The van der Waals surface area contributed by atoms with Crippen molar-refractivity contribution in [2.75, 3.05) is 13.1 Å². The summed E-state index contributed by atoms with van der Waals surface area (Å²) in [4.78, 5) is 10.9. The van der Waals surface area contributed by atoms with Gasteiger partial charge in [-0.15, -0.1) is 0 Å². The predicted octanol–water partition coefficient (Wildman–Crippen LogP) is 0.972.